The van der Waals surface area contributed by atoms with Crippen LogP contribution in [0, 0.1) is 0 Å². The molecule has 0 aliphatic carbocycles. The molecule has 0 amide bonds. The predicted molar refractivity (Wildman–Crippen MR) is 93.3 cm³/mol. The Morgan fingerprint density at radius 1 is 1.16 bits per heavy atom. The van der Waals surface area contributed by atoms with E-state index in [1.165, 1.54) is 0 Å². The molecule has 0 bridgehead atoms. The van der Waals surface area contributed by atoms with Crippen LogP contribution in [0.3, 0.4) is 0 Å². The number of hydrogen-bond donors (Lipinski definition) is 0. The summed E-state index contributed by atoms with van der Waals surface area (Å²) >= 11 is 0. The van der Waals surface area contributed by atoms with Crippen LogP contribution in [-0.2, 0) is 19.4 Å². The summed E-state index contributed by atoms with van der Waals surface area (Å²) in [6, 6.07) is 15.3. The minimum Gasteiger partial charge on any atom is -0.475 e. The molecule has 0 radical (unpaired) electrons. The van der Waals surface area contributed by atoms with E-state index in [2.05, 4.69) is 0 Å². The van der Waals surface area contributed by atoms with E-state index in [0.717, 1.165) is 0 Å². The summed E-state index contributed by atoms with van der Waals surface area (Å²) < 4.78 is 36.1. The van der Waals surface area contributed by atoms with Crippen LogP contribution < -0.4 is 9.64 Å². The SMILES string of the molecule is CCOC(=O)[C@H]1CN(CS(=O)(=O)c2ccccc2)c2ccccc2O1. The number of sulfone groups is 1. The highest BCUT2D eigenvalue weighted by Crippen LogP contribution is 2.34. The van der Waals surface area contributed by atoms with Gasteiger partial charge in [-0.2, -0.15) is 0 Å². The number of esters is 1. The molecule has 0 spiro atoms. The van der Waals surface area contributed by atoms with E-state index in [-0.39, 0.29) is 23.9 Å². The second-order valence-corrected chi connectivity index (χ2v) is 7.56. The van der Waals surface area contributed by atoms with Crippen molar-refractivity contribution >= 4 is 21.5 Å². The van der Waals surface area contributed by atoms with Crippen molar-refractivity contribution in [2.75, 3.05) is 23.9 Å². The smallest absolute Gasteiger partial charge is 0.349 e. The first-order valence-corrected chi connectivity index (χ1v) is 9.61. The third-order valence-corrected chi connectivity index (χ3v) is 5.48. The van der Waals surface area contributed by atoms with Crippen molar-refractivity contribution in [3.05, 3.63) is 54.6 Å². The fourth-order valence-electron chi connectivity index (χ4n) is 2.69. The van der Waals surface area contributed by atoms with Gasteiger partial charge in [0.05, 0.1) is 23.7 Å². The Kier molecular flexibility index (Phi) is 4.94. The van der Waals surface area contributed by atoms with Gasteiger partial charge >= 0.3 is 5.97 Å². The Balaban J connectivity index is 1.90. The first-order chi connectivity index (χ1) is 12.0. The Labute approximate surface area is 146 Å². The maximum absolute atomic E-state index is 12.7. The molecule has 7 heteroatoms. The average molecular weight is 361 g/mol. The Bertz CT molecular complexity index is 851. The van der Waals surface area contributed by atoms with Gasteiger partial charge < -0.3 is 14.4 Å². The first-order valence-electron chi connectivity index (χ1n) is 7.96. The summed E-state index contributed by atoms with van der Waals surface area (Å²) in [6.07, 6.45) is -0.860. The molecule has 2 aromatic carbocycles. The molecule has 3 rings (SSSR count). The summed E-state index contributed by atoms with van der Waals surface area (Å²) in [6.45, 7) is 2.07. The summed E-state index contributed by atoms with van der Waals surface area (Å²) in [5.41, 5.74) is 0.641. The second-order valence-electron chi connectivity index (χ2n) is 5.61. The van der Waals surface area contributed by atoms with Crippen molar-refractivity contribution in [3.8, 4) is 5.75 Å². The van der Waals surface area contributed by atoms with Crippen LogP contribution in [0.2, 0.25) is 0 Å². The Hall–Kier alpha value is -2.54. The second kappa shape index (κ2) is 7.14. The van der Waals surface area contributed by atoms with Crippen molar-refractivity contribution in [3.63, 3.8) is 0 Å². The van der Waals surface area contributed by atoms with E-state index < -0.39 is 21.9 Å². The lowest BCUT2D eigenvalue weighted by molar-refractivity contribution is -0.151. The van der Waals surface area contributed by atoms with Crippen LogP contribution in [0.4, 0.5) is 5.69 Å². The zero-order valence-electron chi connectivity index (χ0n) is 13.8. The number of fused-ring (bicyclic) bond motifs is 1. The standard InChI is InChI=1S/C18H19NO5S/c1-2-23-18(20)17-12-19(15-10-6-7-11-16(15)24-17)13-25(21,22)14-8-4-3-5-9-14/h3-11,17H,2,12-13H2,1H3/t17-/m1/s1. The van der Waals surface area contributed by atoms with E-state index in [4.69, 9.17) is 9.47 Å². The summed E-state index contributed by atoms with van der Waals surface area (Å²) in [5, 5.41) is 0. The minimum atomic E-state index is -3.55. The zero-order valence-corrected chi connectivity index (χ0v) is 14.6. The van der Waals surface area contributed by atoms with Gasteiger partial charge in [0.25, 0.3) is 0 Å². The lowest BCUT2D eigenvalue weighted by Gasteiger charge is -2.34. The average Bonchev–Trinajstić information content (AvgIpc) is 2.62. The number of ether oxygens (including phenoxy) is 2. The number of rotatable bonds is 5. The fourth-order valence-corrected chi connectivity index (χ4v) is 4.07. The van der Waals surface area contributed by atoms with E-state index >= 15 is 0 Å². The van der Waals surface area contributed by atoms with Gasteiger partial charge in [0.2, 0.25) is 6.10 Å². The van der Waals surface area contributed by atoms with Crippen LogP contribution in [0.1, 0.15) is 6.92 Å². The Morgan fingerprint density at radius 3 is 2.56 bits per heavy atom. The normalized spacial score (nSPS) is 16.7. The van der Waals surface area contributed by atoms with E-state index in [9.17, 15) is 13.2 Å². The highest BCUT2D eigenvalue weighted by molar-refractivity contribution is 7.91. The van der Waals surface area contributed by atoms with Crippen LogP contribution in [-0.4, -0.2) is 39.5 Å². The number of benzene rings is 2. The molecule has 132 valence electrons. The highest BCUT2D eigenvalue weighted by Gasteiger charge is 2.33. The molecule has 0 unspecified atom stereocenters. The van der Waals surface area contributed by atoms with Gasteiger partial charge in [-0.1, -0.05) is 30.3 Å². The molecular formula is C18H19NO5S. The lowest BCUT2D eigenvalue weighted by Crippen LogP contribution is -2.46. The van der Waals surface area contributed by atoms with Crippen LogP contribution in [0.25, 0.3) is 0 Å². The minimum absolute atomic E-state index is 0.113. The molecule has 25 heavy (non-hydrogen) atoms. The first kappa shape index (κ1) is 17.3. The molecule has 1 aliphatic rings. The van der Waals surface area contributed by atoms with Crippen LogP contribution in [0.15, 0.2) is 59.5 Å². The Morgan fingerprint density at radius 2 is 1.84 bits per heavy atom. The molecule has 2 aromatic rings. The fraction of sp³-hybridized carbons (Fsp3) is 0.278. The molecule has 0 N–H and O–H groups in total. The summed E-state index contributed by atoms with van der Waals surface area (Å²) in [7, 11) is -3.55. The van der Waals surface area contributed by atoms with E-state index in [1.807, 2.05) is 0 Å². The largest absolute Gasteiger partial charge is 0.475 e. The third kappa shape index (κ3) is 3.76. The molecule has 6 nitrogen and oxygen atoms in total. The van der Waals surface area contributed by atoms with Crippen LogP contribution in [0.5, 0.6) is 5.75 Å². The summed E-state index contributed by atoms with van der Waals surface area (Å²) in [4.78, 5) is 13.9. The number of carbonyl (C=O) groups excluding carboxylic acids is 1. The van der Waals surface area contributed by atoms with Crippen molar-refractivity contribution in [1.82, 2.24) is 0 Å². The summed E-state index contributed by atoms with van der Waals surface area (Å²) in [5.74, 6) is -0.276. The van der Waals surface area contributed by atoms with E-state index in [1.54, 1.807) is 66.4 Å². The third-order valence-electron chi connectivity index (χ3n) is 3.84. The van der Waals surface area contributed by atoms with E-state index in [0.29, 0.717) is 11.4 Å². The van der Waals surface area contributed by atoms with Gasteiger partial charge in [-0.25, -0.2) is 13.2 Å². The molecule has 0 saturated heterocycles. The predicted octanol–water partition coefficient (Wildman–Crippen LogP) is 2.25. The molecule has 1 atom stereocenters. The number of anilines is 1. The van der Waals surface area contributed by atoms with Crippen molar-refractivity contribution in [1.29, 1.82) is 0 Å². The number of para-hydroxylation sites is 2. The quantitative estimate of drug-likeness (QED) is 0.761. The van der Waals surface area contributed by atoms with Gasteiger partial charge in [-0.3, -0.25) is 0 Å². The molecule has 0 saturated carbocycles. The molecule has 1 heterocycles. The van der Waals surface area contributed by atoms with Gasteiger partial charge in [-0.05, 0) is 31.2 Å². The number of carbonyl (C=O) groups is 1. The lowest BCUT2D eigenvalue weighted by atomic mass is 10.2. The molecular weight excluding hydrogens is 342 g/mol. The van der Waals surface area contributed by atoms with Crippen LogP contribution >= 0.6 is 0 Å². The molecule has 0 aromatic heterocycles. The topological polar surface area (TPSA) is 72.9 Å². The molecule has 1 aliphatic heterocycles. The van der Waals surface area contributed by atoms with Crippen molar-refractivity contribution in [2.45, 2.75) is 17.9 Å². The van der Waals surface area contributed by atoms with Gasteiger partial charge in [0.1, 0.15) is 11.6 Å². The maximum Gasteiger partial charge on any atom is 0.349 e. The highest BCUT2D eigenvalue weighted by atomic mass is 32.2. The zero-order chi connectivity index (χ0) is 17.9. The van der Waals surface area contributed by atoms with Crippen molar-refractivity contribution in [2.24, 2.45) is 0 Å². The monoisotopic (exact) mass is 361 g/mol. The van der Waals surface area contributed by atoms with Gasteiger partial charge in [0.15, 0.2) is 9.84 Å². The van der Waals surface area contributed by atoms with Gasteiger partial charge in [0, 0.05) is 0 Å². The number of hydrogen-bond acceptors (Lipinski definition) is 6. The van der Waals surface area contributed by atoms with Crippen molar-refractivity contribution < 1.29 is 22.7 Å². The molecule has 0 fully saturated rings. The maximum atomic E-state index is 12.7. The number of nitrogens with zero attached hydrogens (tertiary/aromatic N) is 1. The van der Waals surface area contributed by atoms with Gasteiger partial charge in [-0.15, -0.1) is 0 Å².